The number of nitrogens with one attached hydrogen (secondary N) is 2. The zero-order valence-corrected chi connectivity index (χ0v) is 32.9. The SMILES string of the molecule is N#Cc1cncc(COc2cc(OCc3cccc(-c4cccc(OCCCn5cc(CNC(CO)C(=O)O)nn5)c4Cl)c3Cl)c(Cl)cc2CN[C@@H](CO)C(=O)O)c1. The molecule has 58 heavy (non-hydrogen) atoms. The number of nitrogens with zero attached hydrogens (tertiary/aromatic N) is 5. The Morgan fingerprint density at radius 2 is 1.50 bits per heavy atom. The number of aryl methyl sites for hydroxylation is 1. The molecule has 2 aromatic heterocycles. The molecule has 0 aliphatic rings. The maximum atomic E-state index is 11.5. The van der Waals surface area contributed by atoms with E-state index in [2.05, 4.69) is 25.9 Å². The fraction of sp³-hybridized carbons (Fsp3) is 0.282. The highest BCUT2D eigenvalue weighted by molar-refractivity contribution is 6.37. The average Bonchev–Trinajstić information content (AvgIpc) is 3.67. The molecule has 6 N–H and O–H groups in total. The van der Waals surface area contributed by atoms with Gasteiger partial charge in [-0.3, -0.25) is 29.9 Å². The molecular formula is C39H38Cl3N7O9. The number of aliphatic hydroxyl groups excluding tert-OH is 2. The number of hydrogen-bond donors (Lipinski definition) is 6. The Balaban J connectivity index is 1.25. The Labute approximate surface area is 347 Å². The van der Waals surface area contributed by atoms with Crippen molar-refractivity contribution < 1.29 is 44.2 Å². The topological polar surface area (TPSA) is 234 Å². The number of benzene rings is 3. The van der Waals surface area contributed by atoms with Crippen molar-refractivity contribution >= 4 is 46.7 Å². The van der Waals surface area contributed by atoms with E-state index in [1.54, 1.807) is 53.5 Å². The van der Waals surface area contributed by atoms with Crippen LogP contribution in [0.5, 0.6) is 17.2 Å². The van der Waals surface area contributed by atoms with E-state index in [9.17, 15) is 25.1 Å². The van der Waals surface area contributed by atoms with Crippen molar-refractivity contribution in [1.82, 2.24) is 30.6 Å². The third-order valence-corrected chi connectivity index (χ3v) is 9.69. The van der Waals surface area contributed by atoms with E-state index < -0.39 is 37.2 Å². The zero-order chi connectivity index (χ0) is 41.6. The first-order chi connectivity index (χ1) is 28.0. The lowest BCUT2D eigenvalue weighted by atomic mass is 10.0. The summed E-state index contributed by atoms with van der Waals surface area (Å²) in [6.07, 6.45) is 5.22. The standard InChI is InChI=1S/C39H38Cl3N7O9/c40-30-11-26(16-45-31(19-50)38(52)53)34(57-21-24-10-23(13-43)14-44-15-24)12-35(30)58-22-25-4-1-5-28(36(25)41)29-6-2-7-33(37(29)42)56-9-3-8-49-18-27(47-48-49)17-46-32(20-51)39(54)55/h1-2,4-7,10-12,14-15,18,31-32,45-46,50-51H,3,8-9,16-17,19-22H2,(H,52,53)(H,54,55)/t31-,32?/m0/s1. The Hall–Kier alpha value is -5.51. The summed E-state index contributed by atoms with van der Waals surface area (Å²) >= 11 is 20.4. The summed E-state index contributed by atoms with van der Waals surface area (Å²) in [5.41, 5.74) is 3.88. The van der Waals surface area contributed by atoms with Crippen LogP contribution in [0, 0.1) is 11.3 Å². The zero-order valence-electron chi connectivity index (χ0n) is 30.6. The van der Waals surface area contributed by atoms with E-state index >= 15 is 0 Å². The molecule has 0 bridgehead atoms. The molecule has 2 heterocycles. The lowest BCUT2D eigenvalue weighted by Crippen LogP contribution is -2.39. The van der Waals surface area contributed by atoms with Crippen molar-refractivity contribution in [3.05, 3.63) is 116 Å². The largest absolute Gasteiger partial charge is 0.492 e. The van der Waals surface area contributed by atoms with Gasteiger partial charge in [-0.05, 0) is 18.2 Å². The number of ether oxygens (including phenoxy) is 3. The smallest absolute Gasteiger partial charge is 0.323 e. The van der Waals surface area contributed by atoms with Crippen LogP contribution in [0.2, 0.25) is 15.1 Å². The van der Waals surface area contributed by atoms with Gasteiger partial charge in [-0.15, -0.1) is 5.10 Å². The Kier molecular flexibility index (Phi) is 16.0. The van der Waals surface area contributed by atoms with Crippen LogP contribution in [-0.2, 0) is 42.4 Å². The Bertz CT molecular complexity index is 2250. The van der Waals surface area contributed by atoms with E-state index in [0.29, 0.717) is 80.2 Å². The first-order valence-corrected chi connectivity index (χ1v) is 18.8. The van der Waals surface area contributed by atoms with Gasteiger partial charge in [0, 0.05) is 78.5 Å². The van der Waals surface area contributed by atoms with E-state index in [0.717, 1.165) is 0 Å². The van der Waals surface area contributed by atoms with E-state index in [1.807, 2.05) is 24.3 Å². The number of aromatic nitrogens is 4. The van der Waals surface area contributed by atoms with Gasteiger partial charge in [0.2, 0.25) is 0 Å². The van der Waals surface area contributed by atoms with Gasteiger partial charge in [0.05, 0.1) is 46.1 Å². The number of pyridine rings is 1. The number of carbonyl (C=O) groups is 2. The molecule has 16 nitrogen and oxygen atoms in total. The molecule has 304 valence electrons. The Morgan fingerprint density at radius 1 is 0.810 bits per heavy atom. The van der Waals surface area contributed by atoms with Crippen LogP contribution in [0.1, 0.15) is 34.4 Å². The third-order valence-electron chi connectivity index (χ3n) is 8.55. The lowest BCUT2D eigenvalue weighted by Gasteiger charge is -2.18. The molecule has 3 aromatic carbocycles. The van der Waals surface area contributed by atoms with E-state index in [-0.39, 0.29) is 37.1 Å². The molecule has 5 aromatic rings. The van der Waals surface area contributed by atoms with Crippen LogP contribution in [0.3, 0.4) is 0 Å². The van der Waals surface area contributed by atoms with Crippen molar-refractivity contribution in [3.63, 3.8) is 0 Å². The minimum Gasteiger partial charge on any atom is -0.492 e. The van der Waals surface area contributed by atoms with Crippen LogP contribution in [0.15, 0.2) is 73.2 Å². The van der Waals surface area contributed by atoms with Crippen molar-refractivity contribution in [2.75, 3.05) is 19.8 Å². The lowest BCUT2D eigenvalue weighted by molar-refractivity contribution is -0.141. The molecule has 0 saturated carbocycles. The molecule has 0 amide bonds. The van der Waals surface area contributed by atoms with Crippen LogP contribution < -0.4 is 24.8 Å². The summed E-state index contributed by atoms with van der Waals surface area (Å²) < 4.78 is 19.8. The van der Waals surface area contributed by atoms with E-state index in [1.165, 1.54) is 6.20 Å². The molecule has 0 fully saturated rings. The van der Waals surface area contributed by atoms with Crippen LogP contribution in [0.4, 0.5) is 0 Å². The second kappa shape index (κ2) is 21.3. The van der Waals surface area contributed by atoms with Crippen LogP contribution >= 0.6 is 34.8 Å². The number of nitriles is 1. The predicted molar refractivity (Wildman–Crippen MR) is 212 cm³/mol. The molecule has 2 atom stereocenters. The number of halogens is 3. The van der Waals surface area contributed by atoms with Gasteiger partial charge in [0.15, 0.2) is 0 Å². The summed E-state index contributed by atoms with van der Waals surface area (Å²) in [5.74, 6) is -1.38. The monoisotopic (exact) mass is 853 g/mol. The molecule has 0 spiro atoms. The van der Waals surface area contributed by atoms with Gasteiger partial charge in [0.25, 0.3) is 0 Å². The fourth-order valence-electron chi connectivity index (χ4n) is 5.49. The molecule has 0 radical (unpaired) electrons. The van der Waals surface area contributed by atoms with Gasteiger partial charge >= 0.3 is 11.9 Å². The van der Waals surface area contributed by atoms with Crippen LogP contribution in [0.25, 0.3) is 11.1 Å². The minimum absolute atomic E-state index is 0.00138. The van der Waals surface area contributed by atoms with Crippen molar-refractivity contribution in [2.45, 2.75) is 51.4 Å². The molecule has 19 heteroatoms. The van der Waals surface area contributed by atoms with E-state index in [4.69, 9.17) is 59.2 Å². The first-order valence-electron chi connectivity index (χ1n) is 17.6. The number of carboxylic acids is 2. The summed E-state index contributed by atoms with van der Waals surface area (Å²) in [5, 5.41) is 60.8. The summed E-state index contributed by atoms with van der Waals surface area (Å²) in [4.78, 5) is 26.6. The van der Waals surface area contributed by atoms with Crippen LogP contribution in [-0.4, -0.2) is 84.2 Å². The number of aliphatic carboxylic acids is 2. The highest BCUT2D eigenvalue weighted by Gasteiger charge is 2.20. The number of rotatable bonds is 22. The maximum absolute atomic E-state index is 11.5. The molecular weight excluding hydrogens is 817 g/mol. The molecule has 0 aliphatic carbocycles. The fourth-order valence-corrected chi connectivity index (χ4v) is 6.30. The highest BCUT2D eigenvalue weighted by Crippen LogP contribution is 2.40. The van der Waals surface area contributed by atoms with Gasteiger partial charge in [-0.2, -0.15) is 5.26 Å². The first kappa shape index (κ1) is 43.6. The number of hydrogen-bond acceptors (Lipinski definition) is 13. The summed E-state index contributed by atoms with van der Waals surface area (Å²) in [6, 6.07) is 15.3. The highest BCUT2D eigenvalue weighted by atomic mass is 35.5. The molecule has 1 unspecified atom stereocenters. The van der Waals surface area contributed by atoms with Gasteiger partial charge in [-0.1, -0.05) is 70.3 Å². The minimum atomic E-state index is -1.23. The molecule has 5 rings (SSSR count). The second-order valence-corrected chi connectivity index (χ2v) is 13.8. The van der Waals surface area contributed by atoms with Crippen molar-refractivity contribution in [1.29, 1.82) is 5.26 Å². The maximum Gasteiger partial charge on any atom is 0.323 e. The third kappa shape index (κ3) is 11.8. The van der Waals surface area contributed by atoms with Gasteiger partial charge < -0.3 is 34.6 Å². The molecule has 0 aliphatic heterocycles. The normalized spacial score (nSPS) is 12.1. The van der Waals surface area contributed by atoms with Gasteiger partial charge in [0.1, 0.15) is 48.6 Å². The molecule has 0 saturated heterocycles. The number of aliphatic hydroxyl groups is 2. The van der Waals surface area contributed by atoms with Gasteiger partial charge in [-0.25, -0.2) is 0 Å². The number of carboxylic acid groups (broad SMARTS) is 2. The van der Waals surface area contributed by atoms with Crippen molar-refractivity contribution in [2.24, 2.45) is 0 Å². The summed E-state index contributed by atoms with van der Waals surface area (Å²) in [6.45, 7) is -0.253. The Morgan fingerprint density at radius 3 is 2.21 bits per heavy atom. The predicted octanol–water partition coefficient (Wildman–Crippen LogP) is 4.87. The quantitative estimate of drug-likeness (QED) is 0.0510. The van der Waals surface area contributed by atoms with Crippen molar-refractivity contribution in [3.8, 4) is 34.4 Å². The average molecular weight is 855 g/mol. The second-order valence-electron chi connectivity index (χ2n) is 12.6. The summed E-state index contributed by atoms with van der Waals surface area (Å²) in [7, 11) is 0.